The molecule has 126 valence electrons. The van der Waals surface area contributed by atoms with Gasteiger partial charge in [0.15, 0.2) is 0 Å². The van der Waals surface area contributed by atoms with E-state index in [9.17, 15) is 14.0 Å². The van der Waals surface area contributed by atoms with Crippen LogP contribution in [0.3, 0.4) is 0 Å². The summed E-state index contributed by atoms with van der Waals surface area (Å²) in [7, 11) is 0. The number of nitrogens with zero attached hydrogens (tertiary/aromatic N) is 2. The molecule has 0 spiro atoms. The van der Waals surface area contributed by atoms with Crippen LogP contribution in [0, 0.1) is 19.7 Å². The van der Waals surface area contributed by atoms with Crippen LogP contribution in [0.15, 0.2) is 24.4 Å². The number of hydrogen-bond donors (Lipinski definition) is 2. The molecular weight excluding hydrogens is 337 g/mol. The summed E-state index contributed by atoms with van der Waals surface area (Å²) in [5.74, 6) is -1.83. The first kappa shape index (κ1) is 17.8. The van der Waals surface area contributed by atoms with Gasteiger partial charge in [-0.2, -0.15) is 0 Å². The topological polar surface area (TPSA) is 92.2 Å². The van der Waals surface area contributed by atoms with E-state index < -0.39 is 30.2 Å². The fourth-order valence-electron chi connectivity index (χ4n) is 2.20. The lowest BCUT2D eigenvalue weighted by atomic mass is 10.0. The summed E-state index contributed by atoms with van der Waals surface area (Å²) in [5, 5.41) is 11.5. The number of hydrogen-bond acceptors (Lipinski definition) is 4. The number of carbonyl (C=O) groups excluding carboxylic acids is 1. The van der Waals surface area contributed by atoms with Crippen molar-refractivity contribution in [3.05, 3.63) is 57.9 Å². The zero-order chi connectivity index (χ0) is 17.9. The number of aliphatic carboxylic acids is 1. The fourth-order valence-corrected chi connectivity index (χ4v) is 2.32. The van der Waals surface area contributed by atoms with Crippen LogP contribution in [-0.2, 0) is 4.79 Å². The van der Waals surface area contributed by atoms with Gasteiger partial charge in [0, 0.05) is 6.20 Å². The Morgan fingerprint density at radius 2 is 2.08 bits per heavy atom. The molecule has 1 unspecified atom stereocenters. The number of rotatable bonds is 5. The van der Waals surface area contributed by atoms with Crippen molar-refractivity contribution in [2.45, 2.75) is 26.3 Å². The second-order valence-corrected chi connectivity index (χ2v) is 5.62. The second kappa shape index (κ2) is 7.35. The number of aryl methyl sites for hydroxylation is 2. The first-order valence-electron chi connectivity index (χ1n) is 7.05. The third-order valence-electron chi connectivity index (χ3n) is 3.37. The zero-order valence-electron chi connectivity index (χ0n) is 13.0. The molecule has 0 aliphatic rings. The predicted octanol–water partition coefficient (Wildman–Crippen LogP) is 2.83. The molecule has 1 amide bonds. The standard InChI is InChI=1S/C16H15ClFN3O3/c1-8-11(7-19-9(2)20-8)16(24)21-14(6-15(22)23)10-3-4-12(17)13(18)5-10/h3-5,7,14H,6H2,1-2H3,(H,21,24)(H,22,23). The van der Waals surface area contributed by atoms with E-state index in [1.54, 1.807) is 13.8 Å². The Kier molecular flexibility index (Phi) is 5.46. The molecule has 6 nitrogen and oxygen atoms in total. The monoisotopic (exact) mass is 351 g/mol. The Morgan fingerprint density at radius 1 is 1.38 bits per heavy atom. The molecule has 0 bridgehead atoms. The molecule has 0 aliphatic carbocycles. The molecule has 2 rings (SSSR count). The maximum Gasteiger partial charge on any atom is 0.305 e. The maximum atomic E-state index is 13.6. The van der Waals surface area contributed by atoms with E-state index in [0.717, 1.165) is 6.07 Å². The summed E-state index contributed by atoms with van der Waals surface area (Å²) in [4.78, 5) is 31.5. The van der Waals surface area contributed by atoms with Crippen molar-refractivity contribution in [2.75, 3.05) is 0 Å². The average molecular weight is 352 g/mol. The number of benzene rings is 1. The molecule has 0 radical (unpaired) electrons. The van der Waals surface area contributed by atoms with E-state index in [2.05, 4.69) is 15.3 Å². The minimum absolute atomic E-state index is 0.0815. The Bertz CT molecular complexity index is 798. The van der Waals surface area contributed by atoms with Crippen LogP contribution in [0.2, 0.25) is 5.02 Å². The van der Waals surface area contributed by atoms with Crippen molar-refractivity contribution >= 4 is 23.5 Å². The van der Waals surface area contributed by atoms with E-state index in [-0.39, 0.29) is 10.6 Å². The highest BCUT2D eigenvalue weighted by molar-refractivity contribution is 6.30. The van der Waals surface area contributed by atoms with Gasteiger partial charge >= 0.3 is 5.97 Å². The third-order valence-corrected chi connectivity index (χ3v) is 3.68. The highest BCUT2D eigenvalue weighted by Gasteiger charge is 2.21. The molecule has 1 aromatic carbocycles. The van der Waals surface area contributed by atoms with Crippen LogP contribution >= 0.6 is 11.6 Å². The van der Waals surface area contributed by atoms with E-state index in [4.69, 9.17) is 16.7 Å². The number of halogens is 2. The van der Waals surface area contributed by atoms with Crippen molar-refractivity contribution in [1.82, 2.24) is 15.3 Å². The van der Waals surface area contributed by atoms with Crippen LogP contribution in [0.5, 0.6) is 0 Å². The molecule has 0 saturated heterocycles. The van der Waals surface area contributed by atoms with E-state index >= 15 is 0 Å². The molecule has 1 aromatic heterocycles. The van der Waals surface area contributed by atoms with Crippen molar-refractivity contribution in [1.29, 1.82) is 0 Å². The lowest BCUT2D eigenvalue weighted by molar-refractivity contribution is -0.137. The molecule has 1 heterocycles. The van der Waals surface area contributed by atoms with Crippen molar-refractivity contribution in [3.8, 4) is 0 Å². The Hall–Kier alpha value is -2.54. The summed E-state index contributed by atoms with van der Waals surface area (Å²) < 4.78 is 13.6. The Labute approximate surface area is 142 Å². The summed E-state index contributed by atoms with van der Waals surface area (Å²) in [6.45, 7) is 3.34. The predicted molar refractivity (Wildman–Crippen MR) is 85.4 cm³/mol. The Balaban J connectivity index is 2.29. The lowest BCUT2D eigenvalue weighted by Crippen LogP contribution is -2.31. The van der Waals surface area contributed by atoms with Crippen LogP contribution in [-0.4, -0.2) is 27.0 Å². The summed E-state index contributed by atoms with van der Waals surface area (Å²) in [6, 6.07) is 2.97. The molecule has 0 fully saturated rings. The zero-order valence-corrected chi connectivity index (χ0v) is 13.8. The number of nitrogens with one attached hydrogen (secondary N) is 1. The quantitative estimate of drug-likeness (QED) is 0.864. The maximum absolute atomic E-state index is 13.6. The third kappa shape index (κ3) is 4.26. The van der Waals surface area contributed by atoms with Gasteiger partial charge in [0.1, 0.15) is 11.6 Å². The molecule has 0 saturated carbocycles. The molecule has 2 aromatic rings. The average Bonchev–Trinajstić information content (AvgIpc) is 2.48. The van der Waals surface area contributed by atoms with Crippen LogP contribution in [0.25, 0.3) is 0 Å². The van der Waals surface area contributed by atoms with Crippen molar-refractivity contribution < 1.29 is 19.1 Å². The van der Waals surface area contributed by atoms with Crippen molar-refractivity contribution in [2.24, 2.45) is 0 Å². The van der Waals surface area contributed by atoms with Gasteiger partial charge < -0.3 is 10.4 Å². The first-order chi connectivity index (χ1) is 11.3. The number of carbonyl (C=O) groups is 2. The number of carboxylic acid groups (broad SMARTS) is 1. The molecular formula is C16H15ClFN3O3. The smallest absolute Gasteiger partial charge is 0.305 e. The van der Waals surface area contributed by atoms with Gasteiger partial charge in [0.25, 0.3) is 5.91 Å². The van der Waals surface area contributed by atoms with Gasteiger partial charge in [-0.3, -0.25) is 9.59 Å². The fraction of sp³-hybridized carbons (Fsp3) is 0.250. The number of carboxylic acids is 1. The van der Waals surface area contributed by atoms with Gasteiger partial charge in [-0.05, 0) is 31.5 Å². The normalized spacial score (nSPS) is 11.8. The van der Waals surface area contributed by atoms with E-state index in [1.807, 2.05) is 0 Å². The minimum Gasteiger partial charge on any atom is -0.481 e. The van der Waals surface area contributed by atoms with Crippen LogP contribution in [0.1, 0.15) is 39.9 Å². The van der Waals surface area contributed by atoms with Gasteiger partial charge in [-0.15, -0.1) is 0 Å². The number of amides is 1. The molecule has 2 N–H and O–H groups in total. The van der Waals surface area contributed by atoms with E-state index in [0.29, 0.717) is 17.1 Å². The molecule has 1 atom stereocenters. The van der Waals surface area contributed by atoms with E-state index in [1.165, 1.54) is 18.3 Å². The Morgan fingerprint density at radius 3 is 2.67 bits per heavy atom. The van der Waals surface area contributed by atoms with Crippen LogP contribution in [0.4, 0.5) is 4.39 Å². The van der Waals surface area contributed by atoms with Crippen LogP contribution < -0.4 is 5.32 Å². The van der Waals surface area contributed by atoms with Crippen molar-refractivity contribution in [3.63, 3.8) is 0 Å². The number of aromatic nitrogens is 2. The summed E-state index contributed by atoms with van der Waals surface area (Å²) in [5.41, 5.74) is 1.00. The van der Waals surface area contributed by atoms with Gasteiger partial charge in [0.2, 0.25) is 0 Å². The van der Waals surface area contributed by atoms with Gasteiger partial charge in [0.05, 0.1) is 28.7 Å². The SMILES string of the molecule is Cc1ncc(C(=O)NC(CC(=O)O)c2ccc(Cl)c(F)c2)c(C)n1. The van der Waals surface area contributed by atoms with Gasteiger partial charge in [-0.1, -0.05) is 17.7 Å². The molecule has 0 aliphatic heterocycles. The molecule has 8 heteroatoms. The largest absolute Gasteiger partial charge is 0.481 e. The summed E-state index contributed by atoms with van der Waals surface area (Å²) >= 11 is 5.63. The molecule has 24 heavy (non-hydrogen) atoms. The van der Waals surface area contributed by atoms with Gasteiger partial charge in [-0.25, -0.2) is 14.4 Å². The summed E-state index contributed by atoms with van der Waals surface area (Å²) in [6.07, 6.45) is 0.964. The highest BCUT2D eigenvalue weighted by atomic mass is 35.5. The minimum atomic E-state index is -1.13. The highest BCUT2D eigenvalue weighted by Crippen LogP contribution is 2.23. The lowest BCUT2D eigenvalue weighted by Gasteiger charge is -2.18. The first-order valence-corrected chi connectivity index (χ1v) is 7.43. The second-order valence-electron chi connectivity index (χ2n) is 5.21.